The van der Waals surface area contributed by atoms with Gasteiger partial charge in [0.2, 0.25) is 0 Å². The molecule has 0 aromatic carbocycles. The molecule has 0 saturated heterocycles. The zero-order valence-corrected chi connectivity index (χ0v) is 9.51. The van der Waals surface area contributed by atoms with Gasteiger partial charge in [-0.3, -0.25) is 4.68 Å². The van der Waals surface area contributed by atoms with Crippen molar-refractivity contribution >= 4 is 0 Å². The number of aromatic nitrogens is 2. The van der Waals surface area contributed by atoms with Crippen molar-refractivity contribution in [3.63, 3.8) is 0 Å². The molecular formula is C10H19N3O2. The Labute approximate surface area is 90.2 Å². The van der Waals surface area contributed by atoms with E-state index in [2.05, 4.69) is 5.10 Å². The molecular weight excluding hydrogens is 194 g/mol. The fraction of sp³-hybridized carbons (Fsp3) is 0.700. The number of aryl methyl sites for hydroxylation is 1. The zero-order valence-electron chi connectivity index (χ0n) is 9.51. The number of hydrogen-bond acceptors (Lipinski definition) is 4. The normalized spacial score (nSPS) is 13.4. The Kier molecular flexibility index (Phi) is 4.74. The third kappa shape index (κ3) is 3.30. The highest BCUT2D eigenvalue weighted by molar-refractivity contribution is 5.10. The van der Waals surface area contributed by atoms with Gasteiger partial charge in [-0.15, -0.1) is 0 Å². The maximum Gasteiger partial charge on any atom is 0.176 e. The molecule has 1 rings (SSSR count). The van der Waals surface area contributed by atoms with E-state index in [1.54, 1.807) is 10.9 Å². The monoisotopic (exact) mass is 213 g/mol. The molecule has 1 heterocycles. The van der Waals surface area contributed by atoms with Crippen LogP contribution in [0.4, 0.5) is 0 Å². The molecule has 0 saturated carbocycles. The average Bonchev–Trinajstić information content (AvgIpc) is 2.63. The summed E-state index contributed by atoms with van der Waals surface area (Å²) < 4.78 is 12.6. The van der Waals surface area contributed by atoms with E-state index in [0.29, 0.717) is 13.2 Å². The van der Waals surface area contributed by atoms with Crippen LogP contribution in [0.25, 0.3) is 0 Å². The highest BCUT2D eigenvalue weighted by atomic mass is 16.7. The van der Waals surface area contributed by atoms with E-state index in [1.807, 2.05) is 27.1 Å². The Bertz CT molecular complexity index is 282. The molecule has 0 amide bonds. The van der Waals surface area contributed by atoms with Crippen LogP contribution >= 0.6 is 0 Å². The van der Waals surface area contributed by atoms with Crippen LogP contribution in [-0.4, -0.2) is 29.3 Å². The summed E-state index contributed by atoms with van der Waals surface area (Å²) in [5.74, 6) is 0. The Morgan fingerprint density at radius 3 is 2.40 bits per heavy atom. The first-order valence-electron chi connectivity index (χ1n) is 5.16. The van der Waals surface area contributed by atoms with Gasteiger partial charge in [0.1, 0.15) is 0 Å². The fourth-order valence-corrected chi connectivity index (χ4v) is 1.35. The molecule has 1 aromatic heterocycles. The van der Waals surface area contributed by atoms with Gasteiger partial charge in [-0.05, 0) is 13.8 Å². The van der Waals surface area contributed by atoms with Gasteiger partial charge >= 0.3 is 0 Å². The number of hydrogen-bond donors (Lipinski definition) is 1. The summed E-state index contributed by atoms with van der Waals surface area (Å²) in [6.07, 6.45) is 3.20. The largest absolute Gasteiger partial charge is 0.351 e. The molecule has 5 heteroatoms. The van der Waals surface area contributed by atoms with Gasteiger partial charge < -0.3 is 15.2 Å². The predicted octanol–water partition coefficient (Wildman–Crippen LogP) is 0.819. The van der Waals surface area contributed by atoms with Crippen molar-refractivity contribution in [2.75, 3.05) is 13.2 Å². The van der Waals surface area contributed by atoms with Gasteiger partial charge in [-0.25, -0.2) is 0 Å². The van der Waals surface area contributed by atoms with Crippen LogP contribution in [-0.2, 0) is 16.5 Å². The SMILES string of the molecule is CCOC(OCC)C(N)c1cnn(C)c1. The van der Waals surface area contributed by atoms with Crippen LogP contribution in [0.3, 0.4) is 0 Å². The lowest BCUT2D eigenvalue weighted by Gasteiger charge is -2.22. The van der Waals surface area contributed by atoms with E-state index in [-0.39, 0.29) is 6.04 Å². The molecule has 15 heavy (non-hydrogen) atoms. The average molecular weight is 213 g/mol. The minimum absolute atomic E-state index is 0.293. The van der Waals surface area contributed by atoms with E-state index >= 15 is 0 Å². The second-order valence-corrected chi connectivity index (χ2v) is 3.25. The minimum atomic E-state index is -0.399. The quantitative estimate of drug-likeness (QED) is 0.711. The maximum absolute atomic E-state index is 6.02. The summed E-state index contributed by atoms with van der Waals surface area (Å²) in [5, 5.41) is 4.07. The van der Waals surface area contributed by atoms with Crippen molar-refractivity contribution in [3.8, 4) is 0 Å². The lowest BCUT2D eigenvalue weighted by molar-refractivity contribution is -0.149. The van der Waals surface area contributed by atoms with Gasteiger partial charge in [0.05, 0.1) is 12.2 Å². The molecule has 0 aliphatic heterocycles. The number of rotatable bonds is 6. The predicted molar refractivity (Wildman–Crippen MR) is 57.2 cm³/mol. The lowest BCUT2D eigenvalue weighted by atomic mass is 10.1. The summed E-state index contributed by atoms with van der Waals surface area (Å²) in [5.41, 5.74) is 6.94. The molecule has 0 fully saturated rings. The number of nitrogens with two attached hydrogens (primary N) is 1. The lowest BCUT2D eigenvalue weighted by Crippen LogP contribution is -2.31. The number of ether oxygens (including phenoxy) is 2. The fourth-order valence-electron chi connectivity index (χ4n) is 1.35. The van der Waals surface area contributed by atoms with Gasteiger partial charge in [0.25, 0.3) is 0 Å². The Morgan fingerprint density at radius 2 is 2.00 bits per heavy atom. The summed E-state index contributed by atoms with van der Waals surface area (Å²) in [6.45, 7) is 5.00. The molecule has 0 aliphatic carbocycles. The highest BCUT2D eigenvalue weighted by Gasteiger charge is 2.21. The summed E-state index contributed by atoms with van der Waals surface area (Å²) in [7, 11) is 1.85. The smallest absolute Gasteiger partial charge is 0.176 e. The minimum Gasteiger partial charge on any atom is -0.351 e. The van der Waals surface area contributed by atoms with Crippen molar-refractivity contribution in [1.82, 2.24) is 9.78 Å². The van der Waals surface area contributed by atoms with E-state index < -0.39 is 6.29 Å². The van der Waals surface area contributed by atoms with Crippen molar-refractivity contribution in [3.05, 3.63) is 18.0 Å². The van der Waals surface area contributed by atoms with Crippen LogP contribution in [0.1, 0.15) is 25.5 Å². The van der Waals surface area contributed by atoms with E-state index in [4.69, 9.17) is 15.2 Å². The van der Waals surface area contributed by atoms with E-state index in [0.717, 1.165) is 5.56 Å². The number of nitrogens with zero attached hydrogens (tertiary/aromatic N) is 2. The molecule has 1 aromatic rings. The van der Waals surface area contributed by atoms with Crippen molar-refractivity contribution < 1.29 is 9.47 Å². The topological polar surface area (TPSA) is 62.3 Å². The van der Waals surface area contributed by atoms with Crippen LogP contribution in [0.15, 0.2) is 12.4 Å². The molecule has 86 valence electrons. The zero-order chi connectivity index (χ0) is 11.3. The van der Waals surface area contributed by atoms with Crippen LogP contribution in [0, 0.1) is 0 Å². The molecule has 0 aliphatic rings. The Morgan fingerprint density at radius 1 is 1.40 bits per heavy atom. The van der Waals surface area contributed by atoms with Gasteiger partial charge in [0.15, 0.2) is 6.29 Å². The van der Waals surface area contributed by atoms with Crippen molar-refractivity contribution in [2.45, 2.75) is 26.2 Å². The van der Waals surface area contributed by atoms with E-state index in [1.165, 1.54) is 0 Å². The Hall–Kier alpha value is -0.910. The van der Waals surface area contributed by atoms with E-state index in [9.17, 15) is 0 Å². The second-order valence-electron chi connectivity index (χ2n) is 3.25. The first-order chi connectivity index (χ1) is 7.19. The summed E-state index contributed by atoms with van der Waals surface area (Å²) in [6, 6.07) is -0.293. The molecule has 0 radical (unpaired) electrons. The Balaban J connectivity index is 2.66. The van der Waals surface area contributed by atoms with Crippen molar-refractivity contribution in [1.29, 1.82) is 0 Å². The molecule has 5 nitrogen and oxygen atoms in total. The second kappa shape index (κ2) is 5.85. The molecule has 0 spiro atoms. The maximum atomic E-state index is 6.02. The highest BCUT2D eigenvalue weighted by Crippen LogP contribution is 2.16. The first-order valence-corrected chi connectivity index (χ1v) is 5.16. The van der Waals surface area contributed by atoms with Crippen molar-refractivity contribution in [2.24, 2.45) is 12.8 Å². The molecule has 1 atom stereocenters. The van der Waals surface area contributed by atoms with Crippen LogP contribution in [0.5, 0.6) is 0 Å². The van der Waals surface area contributed by atoms with Crippen LogP contribution < -0.4 is 5.73 Å². The summed E-state index contributed by atoms with van der Waals surface area (Å²) >= 11 is 0. The van der Waals surface area contributed by atoms with Gasteiger partial charge in [-0.1, -0.05) is 0 Å². The standard InChI is InChI=1S/C10H19N3O2/c1-4-14-10(15-5-2)9(11)8-6-12-13(3)7-8/h6-7,9-10H,4-5,11H2,1-3H3. The third-order valence-corrected chi connectivity index (χ3v) is 2.06. The molecule has 2 N–H and O–H groups in total. The van der Waals surface area contributed by atoms with Gasteiger partial charge in [0, 0.05) is 32.0 Å². The molecule has 0 bridgehead atoms. The molecule has 1 unspecified atom stereocenters. The van der Waals surface area contributed by atoms with Crippen LogP contribution in [0.2, 0.25) is 0 Å². The third-order valence-electron chi connectivity index (χ3n) is 2.06. The first kappa shape index (κ1) is 12.2. The van der Waals surface area contributed by atoms with Gasteiger partial charge in [-0.2, -0.15) is 5.10 Å². The summed E-state index contributed by atoms with van der Waals surface area (Å²) in [4.78, 5) is 0.